The summed E-state index contributed by atoms with van der Waals surface area (Å²) in [5.74, 6) is 4.60. The Kier molecular flexibility index (Phi) is 28.5. The first-order valence-corrected chi connectivity index (χ1v) is 10.1. The van der Waals surface area contributed by atoms with E-state index in [0.717, 1.165) is 0 Å². The summed E-state index contributed by atoms with van der Waals surface area (Å²) >= 11 is 4.74. The van der Waals surface area contributed by atoms with Crippen LogP contribution in [-0.4, -0.2) is 7.05 Å². The van der Waals surface area contributed by atoms with Crippen LogP contribution >= 0.6 is 40.0 Å². The second-order valence-electron chi connectivity index (χ2n) is 0.353. The predicted octanol–water partition coefficient (Wildman–Crippen LogP) is 0.848. The number of halogens is 2. The predicted molar refractivity (Wildman–Crippen MR) is 41.3 cm³/mol. The van der Waals surface area contributed by atoms with Gasteiger partial charge in [-0.1, -0.05) is 0 Å². The molecule has 0 aliphatic carbocycles. The zero-order valence-corrected chi connectivity index (χ0v) is 8.99. The van der Waals surface area contributed by atoms with Crippen LogP contribution in [0.5, 0.6) is 0 Å². The summed E-state index contributed by atoms with van der Waals surface area (Å²) in [5.41, 5.74) is 2.25. The van der Waals surface area contributed by atoms with Crippen LogP contribution in [0.2, 0.25) is 0 Å². The number of hydrogen-bond donors (Lipinski definition) is 2. The Morgan fingerprint density at radius 2 is 1.67 bits per heavy atom. The SMILES string of the molecule is CNN.[I][V][I]. The van der Waals surface area contributed by atoms with Crippen molar-refractivity contribution in [2.24, 2.45) is 5.84 Å². The van der Waals surface area contributed by atoms with Crippen molar-refractivity contribution in [3.63, 3.8) is 0 Å². The van der Waals surface area contributed by atoms with Gasteiger partial charge >= 0.3 is 49.4 Å². The summed E-state index contributed by atoms with van der Waals surface area (Å²) in [5, 5.41) is 0. The van der Waals surface area contributed by atoms with Crippen LogP contribution in [0.15, 0.2) is 0 Å². The molecule has 0 aromatic rings. The van der Waals surface area contributed by atoms with E-state index in [-0.39, 0.29) is 0 Å². The number of hydrogen-bond acceptors (Lipinski definition) is 2. The van der Waals surface area contributed by atoms with Crippen molar-refractivity contribution in [1.82, 2.24) is 5.43 Å². The van der Waals surface area contributed by atoms with Gasteiger partial charge in [0, 0.05) is 0 Å². The molecule has 2 nitrogen and oxygen atoms in total. The molecule has 0 aromatic carbocycles. The van der Waals surface area contributed by atoms with Gasteiger partial charge in [0.1, 0.15) is 0 Å². The molecule has 0 aliphatic heterocycles. The molecule has 6 heavy (non-hydrogen) atoms. The fraction of sp³-hybridized carbons (Fsp3) is 1.00. The second-order valence-corrected chi connectivity index (χ2v) is 12.1. The first-order valence-electron chi connectivity index (χ1n) is 1.13. The standard InChI is InChI=1S/CH6N2.2HI.V/c1-3-2;;;/h3H,2H2,1H3;2*1H;/q;;;+2/p-2. The average molecular weight is 351 g/mol. The third-order valence-electron chi connectivity index (χ3n) is 0. The van der Waals surface area contributed by atoms with Crippen molar-refractivity contribution in [1.29, 1.82) is 0 Å². The van der Waals surface area contributed by atoms with Crippen LogP contribution in [0, 0.1) is 0 Å². The van der Waals surface area contributed by atoms with Gasteiger partial charge in [-0.15, -0.1) is 0 Å². The number of nitrogens with one attached hydrogen (secondary N) is 1. The monoisotopic (exact) mass is 351 g/mol. The number of hydrazine groups is 1. The van der Waals surface area contributed by atoms with Crippen molar-refractivity contribution in [3.8, 4) is 0 Å². The fourth-order valence-electron chi connectivity index (χ4n) is 0. The van der Waals surface area contributed by atoms with Gasteiger partial charge in [-0.3, -0.25) is 11.3 Å². The molecular formula is CH6I2N2V. The summed E-state index contributed by atoms with van der Waals surface area (Å²) < 4.78 is 0. The van der Waals surface area contributed by atoms with Gasteiger partial charge in [-0.05, 0) is 7.05 Å². The molecule has 0 atom stereocenters. The average Bonchev–Trinajstić information content (AvgIpc) is 1.39. The van der Waals surface area contributed by atoms with Crippen LogP contribution in [0.25, 0.3) is 0 Å². The van der Waals surface area contributed by atoms with Crippen LogP contribution < -0.4 is 11.3 Å². The molecule has 0 bridgehead atoms. The van der Waals surface area contributed by atoms with Gasteiger partial charge in [0.25, 0.3) is 0 Å². The molecule has 0 radical (unpaired) electrons. The summed E-state index contributed by atoms with van der Waals surface area (Å²) in [4.78, 5) is 0. The molecule has 0 saturated carbocycles. The van der Waals surface area contributed by atoms with Gasteiger partial charge in [-0.25, -0.2) is 0 Å². The molecule has 0 spiro atoms. The van der Waals surface area contributed by atoms with E-state index in [9.17, 15) is 0 Å². The Morgan fingerprint density at radius 1 is 1.67 bits per heavy atom. The van der Waals surface area contributed by atoms with Crippen LogP contribution in [0.4, 0.5) is 0 Å². The van der Waals surface area contributed by atoms with E-state index in [4.69, 9.17) is 0 Å². The normalized spacial score (nSPS) is 5.33. The molecular weight excluding hydrogens is 345 g/mol. The summed E-state index contributed by atoms with van der Waals surface area (Å²) in [6.07, 6.45) is 0. The molecule has 0 aromatic heterocycles. The fourth-order valence-corrected chi connectivity index (χ4v) is 0. The Hall–Kier alpha value is 1.96. The minimum absolute atomic E-state index is 0.628. The second kappa shape index (κ2) is 15.8. The molecule has 0 heterocycles. The Labute approximate surface area is 66.8 Å². The number of nitrogens with two attached hydrogens (primary N) is 1. The molecule has 3 N–H and O–H groups in total. The first-order chi connectivity index (χ1) is 2.83. The van der Waals surface area contributed by atoms with E-state index < -0.39 is 0 Å². The minimum atomic E-state index is 0.628. The molecule has 5 heteroatoms. The zero-order valence-electron chi connectivity index (χ0n) is 3.28. The Balaban J connectivity index is 0. The maximum absolute atomic E-state index is 4.60. The van der Waals surface area contributed by atoms with E-state index in [0.29, 0.717) is 9.47 Å². The summed E-state index contributed by atoms with van der Waals surface area (Å²) in [6.45, 7) is 0. The molecule has 39 valence electrons. The third-order valence-corrected chi connectivity index (χ3v) is 0. The van der Waals surface area contributed by atoms with Gasteiger partial charge in [-0.2, -0.15) is 0 Å². The van der Waals surface area contributed by atoms with Crippen molar-refractivity contribution in [2.75, 3.05) is 7.05 Å². The van der Waals surface area contributed by atoms with E-state index in [2.05, 4.69) is 51.2 Å². The third kappa shape index (κ3) is 38.1. The molecule has 0 aliphatic rings. The van der Waals surface area contributed by atoms with Crippen LogP contribution in [0.3, 0.4) is 0 Å². The van der Waals surface area contributed by atoms with E-state index in [1.807, 2.05) is 0 Å². The zero-order chi connectivity index (χ0) is 5.41. The molecule has 0 amide bonds. The molecule has 0 rings (SSSR count). The van der Waals surface area contributed by atoms with E-state index in [1.165, 1.54) is 0 Å². The topological polar surface area (TPSA) is 38.0 Å². The van der Waals surface area contributed by atoms with Crippen molar-refractivity contribution in [2.45, 2.75) is 0 Å². The van der Waals surface area contributed by atoms with Crippen molar-refractivity contribution in [3.05, 3.63) is 0 Å². The van der Waals surface area contributed by atoms with Crippen molar-refractivity contribution < 1.29 is 9.47 Å². The van der Waals surface area contributed by atoms with E-state index in [1.54, 1.807) is 7.05 Å². The first kappa shape index (κ1) is 10.9. The Bertz CT molecular complexity index is 13.5. The summed E-state index contributed by atoms with van der Waals surface area (Å²) in [7, 11) is 2.28. The number of rotatable bonds is 0. The molecule has 0 unspecified atom stereocenters. The maximum atomic E-state index is 4.60. The van der Waals surface area contributed by atoms with Gasteiger partial charge < -0.3 is 0 Å². The van der Waals surface area contributed by atoms with Gasteiger partial charge in [0.05, 0.1) is 0 Å². The molecule has 0 fully saturated rings. The quantitative estimate of drug-likeness (QED) is 0.386. The van der Waals surface area contributed by atoms with Gasteiger partial charge in [0.2, 0.25) is 0 Å². The van der Waals surface area contributed by atoms with Gasteiger partial charge in [0.15, 0.2) is 0 Å². The van der Waals surface area contributed by atoms with Crippen molar-refractivity contribution >= 4 is 40.0 Å². The van der Waals surface area contributed by atoms with Crippen LogP contribution in [0.1, 0.15) is 0 Å². The Morgan fingerprint density at radius 3 is 1.67 bits per heavy atom. The van der Waals surface area contributed by atoms with Crippen LogP contribution in [-0.2, 0) is 9.47 Å². The molecule has 0 saturated heterocycles. The summed E-state index contributed by atoms with van der Waals surface area (Å²) in [6, 6.07) is 0. The van der Waals surface area contributed by atoms with E-state index >= 15 is 0 Å².